The maximum atomic E-state index is 13.5. The van der Waals surface area contributed by atoms with Gasteiger partial charge in [-0.2, -0.15) is 13.2 Å². The fourth-order valence-corrected chi connectivity index (χ4v) is 3.29. The lowest BCUT2D eigenvalue weighted by Crippen LogP contribution is -2.07. The highest BCUT2D eigenvalue weighted by atomic mass is 35.5. The molecule has 27 heavy (non-hydrogen) atoms. The number of amides is 1. The lowest BCUT2D eigenvalue weighted by molar-refractivity contribution is -0.144. The van der Waals surface area contributed by atoms with Crippen LogP contribution in [-0.2, 0) is 17.4 Å². The van der Waals surface area contributed by atoms with Crippen molar-refractivity contribution in [2.45, 2.75) is 19.0 Å². The number of hydrogen-bond acceptors (Lipinski definition) is 3. The summed E-state index contributed by atoms with van der Waals surface area (Å²) in [4.78, 5) is 15.0. The minimum Gasteiger partial charge on any atom is -0.324 e. The molecule has 0 radical (unpaired) electrons. The number of hydrogen-bond donors (Lipinski definition) is 1. The van der Waals surface area contributed by atoms with E-state index in [0.717, 1.165) is 16.8 Å². The Kier molecular flexibility index (Phi) is 3.84. The van der Waals surface area contributed by atoms with E-state index in [4.69, 9.17) is 11.6 Å². The number of benzene rings is 1. The Balaban J connectivity index is 2.01. The molecule has 4 rings (SSSR count). The molecule has 0 spiro atoms. The van der Waals surface area contributed by atoms with E-state index >= 15 is 0 Å². The van der Waals surface area contributed by atoms with Gasteiger partial charge in [-0.1, -0.05) is 11.6 Å². The normalized spacial score (nSPS) is 14.1. The largest absolute Gasteiger partial charge is 0.453 e. The molecule has 0 bridgehead atoms. The van der Waals surface area contributed by atoms with E-state index in [1.807, 2.05) is 0 Å². The van der Waals surface area contributed by atoms with E-state index in [2.05, 4.69) is 15.4 Å². The van der Waals surface area contributed by atoms with Crippen LogP contribution >= 0.6 is 11.6 Å². The third-order valence-electron chi connectivity index (χ3n) is 4.10. The number of nitrogens with one attached hydrogen (secondary N) is 1. The summed E-state index contributed by atoms with van der Waals surface area (Å²) in [5.41, 5.74) is -0.184. The van der Waals surface area contributed by atoms with Gasteiger partial charge in [0.2, 0.25) is 5.91 Å². The predicted molar refractivity (Wildman–Crippen MR) is 85.7 cm³/mol. The summed E-state index contributed by atoms with van der Waals surface area (Å²) in [6.07, 6.45) is -6.83. The van der Waals surface area contributed by atoms with Crippen LogP contribution in [0.1, 0.15) is 23.4 Å². The molecule has 3 heterocycles. The maximum absolute atomic E-state index is 13.5. The number of aromatic nitrogens is 3. The SMILES string of the molecule is O=C1Cc2cc(-c3c(C(F)F)ccn4nc(C(F)(F)F)nc34)cc(Cl)c2N1. The monoisotopic (exact) mass is 402 g/mol. The maximum Gasteiger partial charge on any atom is 0.453 e. The van der Waals surface area contributed by atoms with Crippen molar-refractivity contribution >= 4 is 28.8 Å². The lowest BCUT2D eigenvalue weighted by Gasteiger charge is -2.12. The molecule has 1 aliphatic rings. The van der Waals surface area contributed by atoms with Gasteiger partial charge in [-0.15, -0.1) is 5.10 Å². The average molecular weight is 403 g/mol. The number of pyridine rings is 1. The van der Waals surface area contributed by atoms with Crippen LogP contribution in [0.4, 0.5) is 27.6 Å². The van der Waals surface area contributed by atoms with E-state index in [1.165, 1.54) is 12.1 Å². The first-order chi connectivity index (χ1) is 12.6. The molecular formula is C16H8ClF5N4O. The Morgan fingerprint density at radius 2 is 2.00 bits per heavy atom. The minimum atomic E-state index is -4.83. The highest BCUT2D eigenvalue weighted by Crippen LogP contribution is 2.40. The minimum absolute atomic E-state index is 0.0173. The molecule has 1 amide bonds. The second-order valence-electron chi connectivity index (χ2n) is 5.87. The zero-order valence-electron chi connectivity index (χ0n) is 13.1. The molecule has 0 saturated carbocycles. The average Bonchev–Trinajstić information content (AvgIpc) is 3.16. The van der Waals surface area contributed by atoms with Crippen LogP contribution < -0.4 is 5.32 Å². The van der Waals surface area contributed by atoms with Crippen LogP contribution in [0.3, 0.4) is 0 Å². The molecule has 0 unspecified atom stereocenters. The van der Waals surface area contributed by atoms with E-state index in [1.54, 1.807) is 0 Å². The highest BCUT2D eigenvalue weighted by Gasteiger charge is 2.37. The van der Waals surface area contributed by atoms with Crippen molar-refractivity contribution in [1.82, 2.24) is 14.6 Å². The Morgan fingerprint density at radius 3 is 2.67 bits per heavy atom. The van der Waals surface area contributed by atoms with Gasteiger partial charge in [0.25, 0.3) is 12.2 Å². The van der Waals surface area contributed by atoms with Crippen molar-refractivity contribution in [3.8, 4) is 11.1 Å². The standard InChI is InChI=1S/C16H8ClF5N4O/c17-9-4-6(3-7-5-10(27)23-12(7)9)11-8(13(18)19)1-2-26-14(11)24-15(25-26)16(20,21)22/h1-4,13H,5H2,(H,23,27). The van der Waals surface area contributed by atoms with Gasteiger partial charge in [0, 0.05) is 17.3 Å². The van der Waals surface area contributed by atoms with Crippen LogP contribution in [0, 0.1) is 0 Å². The van der Waals surface area contributed by atoms with Gasteiger partial charge < -0.3 is 5.32 Å². The summed E-state index contributed by atoms with van der Waals surface area (Å²) in [7, 11) is 0. The number of fused-ring (bicyclic) bond motifs is 2. The Morgan fingerprint density at radius 1 is 1.26 bits per heavy atom. The van der Waals surface area contributed by atoms with E-state index in [9.17, 15) is 26.7 Å². The summed E-state index contributed by atoms with van der Waals surface area (Å²) < 4.78 is 66.7. The van der Waals surface area contributed by atoms with Crippen LogP contribution in [0.5, 0.6) is 0 Å². The number of carbonyl (C=O) groups is 1. The van der Waals surface area contributed by atoms with E-state index in [0.29, 0.717) is 11.3 Å². The molecule has 140 valence electrons. The van der Waals surface area contributed by atoms with Gasteiger partial charge in [-0.25, -0.2) is 18.3 Å². The van der Waals surface area contributed by atoms with Gasteiger partial charge in [-0.05, 0) is 29.3 Å². The Hall–Kier alpha value is -2.75. The zero-order chi connectivity index (χ0) is 19.5. The summed E-state index contributed by atoms with van der Waals surface area (Å²) in [6.45, 7) is 0. The number of halogens is 6. The predicted octanol–water partition coefficient (Wildman–Crippen LogP) is 4.50. The second kappa shape index (κ2) is 5.88. The van der Waals surface area contributed by atoms with Crippen LogP contribution in [0.2, 0.25) is 5.02 Å². The third-order valence-corrected chi connectivity index (χ3v) is 4.40. The smallest absolute Gasteiger partial charge is 0.324 e. The van der Waals surface area contributed by atoms with Crippen LogP contribution in [0.15, 0.2) is 24.4 Å². The fourth-order valence-electron chi connectivity index (χ4n) is 3.00. The highest BCUT2D eigenvalue weighted by molar-refractivity contribution is 6.34. The molecule has 3 aromatic rings. The molecule has 0 fully saturated rings. The number of anilines is 1. The lowest BCUT2D eigenvalue weighted by atomic mass is 9.98. The van der Waals surface area contributed by atoms with Crippen molar-refractivity contribution in [3.63, 3.8) is 0 Å². The topological polar surface area (TPSA) is 59.3 Å². The van der Waals surface area contributed by atoms with Gasteiger partial charge in [-0.3, -0.25) is 4.79 Å². The molecule has 0 saturated heterocycles. The molecule has 1 aliphatic heterocycles. The van der Waals surface area contributed by atoms with Gasteiger partial charge >= 0.3 is 6.18 Å². The quantitative estimate of drug-likeness (QED) is 0.642. The second-order valence-corrected chi connectivity index (χ2v) is 6.27. The van der Waals surface area contributed by atoms with Crippen molar-refractivity contribution in [3.05, 3.63) is 46.4 Å². The molecule has 2 aromatic heterocycles. The molecule has 0 atom stereocenters. The summed E-state index contributed by atoms with van der Waals surface area (Å²) in [5, 5.41) is 5.94. The summed E-state index contributed by atoms with van der Waals surface area (Å²) in [5.74, 6) is -1.77. The Labute approximate surface area is 152 Å². The molecule has 11 heteroatoms. The first-order valence-corrected chi connectivity index (χ1v) is 7.90. The van der Waals surface area contributed by atoms with Gasteiger partial charge in [0.05, 0.1) is 17.1 Å². The third kappa shape index (κ3) is 2.89. The molecule has 0 aliphatic carbocycles. The van der Waals surface area contributed by atoms with Crippen molar-refractivity contribution in [1.29, 1.82) is 0 Å². The number of rotatable bonds is 2. The van der Waals surface area contributed by atoms with E-state index in [-0.39, 0.29) is 34.1 Å². The van der Waals surface area contributed by atoms with Gasteiger partial charge in [0.1, 0.15) is 0 Å². The zero-order valence-corrected chi connectivity index (χ0v) is 13.9. The number of alkyl halides is 5. The summed E-state index contributed by atoms with van der Waals surface area (Å²) >= 11 is 6.13. The number of nitrogens with zero attached hydrogens (tertiary/aromatic N) is 3. The fraction of sp³-hybridized carbons (Fsp3) is 0.188. The Bertz CT molecular complexity index is 1090. The molecule has 1 aromatic carbocycles. The van der Waals surface area contributed by atoms with Crippen LogP contribution in [-0.4, -0.2) is 20.5 Å². The summed E-state index contributed by atoms with van der Waals surface area (Å²) in [6, 6.07) is 3.71. The van der Waals surface area contributed by atoms with E-state index < -0.39 is 24.0 Å². The number of carbonyl (C=O) groups excluding carboxylic acids is 1. The van der Waals surface area contributed by atoms with Crippen molar-refractivity contribution in [2.75, 3.05) is 5.32 Å². The van der Waals surface area contributed by atoms with Crippen LogP contribution in [0.25, 0.3) is 16.8 Å². The first-order valence-electron chi connectivity index (χ1n) is 7.52. The molecule has 5 nitrogen and oxygen atoms in total. The van der Waals surface area contributed by atoms with Gasteiger partial charge in [0.15, 0.2) is 5.65 Å². The molecular weight excluding hydrogens is 395 g/mol. The first kappa shape index (κ1) is 17.7. The molecule has 1 N–H and O–H groups in total. The van der Waals surface area contributed by atoms with Crippen molar-refractivity contribution in [2.24, 2.45) is 0 Å². The van der Waals surface area contributed by atoms with Crippen molar-refractivity contribution < 1.29 is 26.7 Å².